The Hall–Kier alpha value is -0.160. The summed E-state index contributed by atoms with van der Waals surface area (Å²) in [7, 11) is 1.54. The van der Waals surface area contributed by atoms with Gasteiger partial charge in [0.2, 0.25) is 0 Å². The van der Waals surface area contributed by atoms with Crippen LogP contribution in [0.3, 0.4) is 0 Å². The number of nitrogens with one attached hydrogen (secondary N) is 3. The molecule has 3 atom stereocenters. The topological polar surface area (TPSA) is 55.7 Å². The number of quaternary nitrogens is 2. The molecule has 0 rings (SSSR count). The van der Waals surface area contributed by atoms with E-state index in [-0.39, 0.29) is 16.3 Å². The van der Waals surface area contributed by atoms with Gasteiger partial charge in [-0.3, -0.25) is 5.12 Å². The van der Waals surface area contributed by atoms with Crippen LogP contribution in [0.2, 0.25) is 0 Å². The van der Waals surface area contributed by atoms with Crippen LogP contribution in [0.5, 0.6) is 0 Å². The minimum atomic E-state index is -0.0301. The van der Waals surface area contributed by atoms with Gasteiger partial charge in [0.1, 0.15) is 13.1 Å². The van der Waals surface area contributed by atoms with Crippen molar-refractivity contribution < 1.29 is 10.3 Å². The maximum absolute atomic E-state index is 10.8. The van der Waals surface area contributed by atoms with Crippen molar-refractivity contribution in [2.75, 3.05) is 7.05 Å². The lowest BCUT2D eigenvalue weighted by atomic mass is 10.3. The van der Waals surface area contributed by atoms with E-state index in [0.717, 1.165) is 6.42 Å². The van der Waals surface area contributed by atoms with Crippen LogP contribution in [0.15, 0.2) is 0 Å². The molecule has 3 N–H and O–H groups in total. The summed E-state index contributed by atoms with van der Waals surface area (Å²) in [5.74, 6) is 6.98. The molecule has 0 spiro atoms. The first-order chi connectivity index (χ1) is 4.09. The molecule has 3 unspecified atom stereocenters. The van der Waals surface area contributed by atoms with Crippen molar-refractivity contribution in [2.24, 2.45) is 0 Å². The second-order valence-corrected chi connectivity index (χ2v) is 2.30. The van der Waals surface area contributed by atoms with Gasteiger partial charge in [0.25, 0.3) is 0 Å². The van der Waals surface area contributed by atoms with Crippen molar-refractivity contribution in [1.29, 1.82) is 0 Å². The van der Waals surface area contributed by atoms with Gasteiger partial charge in [-0.1, -0.05) is 6.92 Å². The Bertz CT molecular complexity index is 76.6. The third-order valence-corrected chi connectivity index (χ3v) is 1.43. The Balaban J connectivity index is 3.58. The molecule has 9 heavy (non-hydrogen) atoms. The summed E-state index contributed by atoms with van der Waals surface area (Å²) in [6.45, 7) is 3.80. The molecule has 0 aliphatic heterocycles. The zero-order valence-corrected chi connectivity index (χ0v) is 6.19. The van der Waals surface area contributed by atoms with E-state index in [1.54, 1.807) is 0 Å². The minimum absolute atomic E-state index is 0.0301. The van der Waals surface area contributed by atoms with E-state index < -0.39 is 0 Å². The van der Waals surface area contributed by atoms with Crippen LogP contribution in [0.25, 0.3) is 5.84 Å². The first-order valence-corrected chi connectivity index (χ1v) is 3.19. The summed E-state index contributed by atoms with van der Waals surface area (Å²) in [5.41, 5.74) is 0. The van der Waals surface area contributed by atoms with Gasteiger partial charge < -0.3 is 11.0 Å². The van der Waals surface area contributed by atoms with Gasteiger partial charge in [-0.15, -0.1) is 0 Å². The Kier molecular flexibility index (Phi) is 3.72. The molecule has 4 nitrogen and oxygen atoms in total. The fourth-order valence-electron chi connectivity index (χ4n) is 0.555. The summed E-state index contributed by atoms with van der Waals surface area (Å²) in [6.07, 6.45) is 0.828. The second kappa shape index (κ2) is 3.79. The molecule has 0 bridgehead atoms. The van der Waals surface area contributed by atoms with Crippen molar-refractivity contribution in [3.05, 3.63) is 11.0 Å². The molecule has 0 aromatic carbocycles. The monoisotopic (exact) mass is 133 g/mol. The lowest BCUT2D eigenvalue weighted by Crippen LogP contribution is -3.55. The van der Waals surface area contributed by atoms with Crippen molar-refractivity contribution in [3.8, 4) is 0 Å². The van der Waals surface area contributed by atoms with Crippen molar-refractivity contribution >= 4 is 0 Å². The Morgan fingerprint density at radius 2 is 2.11 bits per heavy atom. The summed E-state index contributed by atoms with van der Waals surface area (Å²) in [4.78, 5) is 0. The lowest BCUT2D eigenvalue weighted by Gasteiger charge is -2.33. The Morgan fingerprint density at radius 3 is 2.22 bits per heavy atom. The maximum Gasteiger partial charge on any atom is 0.127 e. The molecule has 0 aliphatic carbocycles. The van der Waals surface area contributed by atoms with Gasteiger partial charge >= 0.3 is 0 Å². The van der Waals surface area contributed by atoms with Gasteiger partial charge in [-0.25, -0.2) is 5.17 Å². The van der Waals surface area contributed by atoms with Gasteiger partial charge in [0.15, 0.2) is 0 Å². The van der Waals surface area contributed by atoms with E-state index in [2.05, 4.69) is 0 Å². The van der Waals surface area contributed by atoms with Crippen LogP contribution in [0, 0.1) is 5.21 Å². The molecule has 0 saturated carbocycles. The van der Waals surface area contributed by atoms with Crippen LogP contribution in [-0.4, -0.2) is 13.1 Å². The zero-order valence-electron chi connectivity index (χ0n) is 6.19. The Labute approximate surface area is 55.7 Å². The minimum Gasteiger partial charge on any atom is -0.584 e. The van der Waals surface area contributed by atoms with E-state index in [0.29, 0.717) is 0 Å². The molecule has 0 heterocycles. The van der Waals surface area contributed by atoms with Crippen molar-refractivity contribution in [1.82, 2.24) is 0 Å². The number of rotatable bonds is 3. The van der Waals surface area contributed by atoms with Crippen LogP contribution in [-0.2, 0) is 0 Å². The lowest BCUT2D eigenvalue weighted by molar-refractivity contribution is -1.46. The normalized spacial score (nSPS) is 21.0. The van der Waals surface area contributed by atoms with Gasteiger partial charge in [0, 0.05) is 6.42 Å². The molecular formula is C5H15N3O. The van der Waals surface area contributed by atoms with E-state index in [4.69, 9.17) is 5.84 Å². The summed E-state index contributed by atoms with van der Waals surface area (Å²) >= 11 is 0. The van der Waals surface area contributed by atoms with Crippen LogP contribution < -0.4 is 10.3 Å². The quantitative estimate of drug-likeness (QED) is 0.455. The van der Waals surface area contributed by atoms with Gasteiger partial charge in [-0.2, -0.15) is 0 Å². The standard InChI is InChI=1S/C5H15N3O/c1-4-5(2)8(9)7(3)6/h5-8H,4H2,1-3H3. The molecule has 0 aromatic heterocycles. The molecule has 4 heteroatoms. The molecule has 0 radical (unpaired) electrons. The third-order valence-electron chi connectivity index (χ3n) is 1.43. The zero-order chi connectivity index (χ0) is 7.44. The highest BCUT2D eigenvalue weighted by atomic mass is 16.6. The SMILES string of the molecule is CCC(C)[NH+]([O-])[NH+](C)[NH-]. The largest absolute Gasteiger partial charge is 0.584 e. The average molecular weight is 133 g/mol. The third kappa shape index (κ3) is 2.76. The van der Waals surface area contributed by atoms with Gasteiger partial charge in [0.05, 0.1) is 0 Å². The fourth-order valence-corrected chi connectivity index (χ4v) is 0.555. The first-order valence-electron chi connectivity index (χ1n) is 3.19. The van der Waals surface area contributed by atoms with Crippen LogP contribution in [0.4, 0.5) is 0 Å². The van der Waals surface area contributed by atoms with Crippen LogP contribution >= 0.6 is 0 Å². The summed E-state index contributed by atoms with van der Waals surface area (Å²) in [6, 6.07) is 0.0301. The highest BCUT2D eigenvalue weighted by Crippen LogP contribution is 1.77. The predicted octanol–water partition coefficient (Wildman–Crippen LogP) is -1.44. The smallest absolute Gasteiger partial charge is 0.127 e. The maximum atomic E-state index is 10.8. The fraction of sp³-hybridized carbons (Fsp3) is 1.00. The highest BCUT2D eigenvalue weighted by Gasteiger charge is 2.07. The van der Waals surface area contributed by atoms with Crippen molar-refractivity contribution in [3.63, 3.8) is 0 Å². The number of hydroxylamine groups is 1. The molecule has 0 aromatic rings. The summed E-state index contributed by atoms with van der Waals surface area (Å²) < 4.78 is 0. The molecule has 0 saturated heterocycles. The predicted molar refractivity (Wildman–Crippen MR) is 35.3 cm³/mol. The average Bonchev–Trinajstić information content (AvgIpc) is 1.84. The summed E-state index contributed by atoms with van der Waals surface area (Å²) in [5, 5.41) is 11.0. The van der Waals surface area contributed by atoms with E-state index >= 15 is 0 Å². The van der Waals surface area contributed by atoms with Gasteiger partial charge in [-0.05, 0) is 6.92 Å². The van der Waals surface area contributed by atoms with E-state index in [1.165, 1.54) is 7.05 Å². The van der Waals surface area contributed by atoms with Crippen molar-refractivity contribution in [2.45, 2.75) is 26.3 Å². The van der Waals surface area contributed by atoms with E-state index in [9.17, 15) is 5.21 Å². The molecule has 0 aliphatic rings. The van der Waals surface area contributed by atoms with E-state index in [1.807, 2.05) is 13.8 Å². The number of hydrogen-bond acceptors (Lipinski definition) is 1. The van der Waals surface area contributed by atoms with Crippen LogP contribution in [0.1, 0.15) is 20.3 Å². The second-order valence-electron chi connectivity index (χ2n) is 2.30. The number of hydrogen-bond donors (Lipinski definition) is 2. The molecule has 0 amide bonds. The molecule has 0 fully saturated rings. The molecule has 56 valence electrons. The Morgan fingerprint density at radius 1 is 1.67 bits per heavy atom. The molecular weight excluding hydrogens is 118 g/mol. The first kappa shape index (κ1) is 8.84. The highest BCUT2D eigenvalue weighted by molar-refractivity contribution is 4.36.